The second-order valence-corrected chi connectivity index (χ2v) is 8.43. The van der Waals surface area contributed by atoms with Gasteiger partial charge in [-0.15, -0.1) is 0 Å². The number of ether oxygens (including phenoxy) is 3. The van der Waals surface area contributed by atoms with Crippen LogP contribution in [0.1, 0.15) is 81.6 Å². The summed E-state index contributed by atoms with van der Waals surface area (Å²) in [6.45, 7) is 14.3. The van der Waals surface area contributed by atoms with Crippen molar-refractivity contribution in [2.75, 3.05) is 39.4 Å². The number of amides is 2. The maximum absolute atomic E-state index is 11.6. The van der Waals surface area contributed by atoms with Gasteiger partial charge in [0.05, 0.1) is 25.7 Å². The van der Waals surface area contributed by atoms with Crippen LogP contribution in [-0.2, 0) is 43.0 Å². The van der Waals surface area contributed by atoms with Crippen LogP contribution in [0.15, 0.2) is 0 Å². The monoisotopic (exact) mass is 534 g/mol. The second-order valence-electron chi connectivity index (χ2n) is 8.43. The van der Waals surface area contributed by atoms with E-state index < -0.39 is 29.5 Å². The lowest BCUT2D eigenvalue weighted by Gasteiger charge is -2.19. The van der Waals surface area contributed by atoms with Crippen LogP contribution in [0, 0.1) is 0 Å². The Bertz CT molecular complexity index is 723. The minimum absolute atomic E-state index is 0. The molecule has 0 atom stereocenters. The number of carbonyl (C=O) groups excluding carboxylic acids is 5. The molecule has 0 aliphatic rings. The molecule has 0 saturated heterocycles. The molecule has 0 bridgehead atoms. The van der Waals surface area contributed by atoms with E-state index in [1.807, 2.05) is 27.7 Å². The highest BCUT2D eigenvalue weighted by atomic mass is 16.6. The highest BCUT2D eigenvalue weighted by Crippen LogP contribution is 2.09. The molecular formula is C25H46N2O10. The average Bonchev–Trinajstić information content (AvgIpc) is 2.79. The van der Waals surface area contributed by atoms with E-state index in [2.05, 4.69) is 4.74 Å². The molecular weight excluding hydrogens is 488 g/mol. The van der Waals surface area contributed by atoms with Gasteiger partial charge in [0.1, 0.15) is 5.60 Å². The summed E-state index contributed by atoms with van der Waals surface area (Å²) < 4.78 is 14.5. The lowest BCUT2D eigenvalue weighted by molar-refractivity contribution is -0.159. The standard InChI is InChI=1S/C14H25NO5.C10H17NO5.CH4/c1-6-15(7-2)11(16)10-19-12(17)8-9-13(18)20-14(3,4)5;1-3-11(4-2)8(12)7-16-10(15)6-5-9(13)14;/h6-10H2,1-5H3;3-7H2,1-2H3,(H,13,14);1H4. The number of nitrogens with zero attached hydrogens (tertiary/aromatic N) is 2. The zero-order valence-corrected chi connectivity index (χ0v) is 22.6. The number of carbonyl (C=O) groups is 6. The molecule has 0 aliphatic heterocycles. The summed E-state index contributed by atoms with van der Waals surface area (Å²) in [5, 5.41) is 8.32. The Morgan fingerprint density at radius 1 is 0.622 bits per heavy atom. The fraction of sp³-hybridized carbons (Fsp3) is 0.760. The van der Waals surface area contributed by atoms with Crippen LogP contribution < -0.4 is 0 Å². The molecule has 0 saturated carbocycles. The van der Waals surface area contributed by atoms with Gasteiger partial charge >= 0.3 is 23.9 Å². The van der Waals surface area contributed by atoms with Crippen molar-refractivity contribution in [2.45, 2.75) is 87.2 Å². The molecule has 0 heterocycles. The van der Waals surface area contributed by atoms with Crippen LogP contribution in [0.5, 0.6) is 0 Å². The van der Waals surface area contributed by atoms with Crippen molar-refractivity contribution in [1.29, 1.82) is 0 Å². The number of rotatable bonds is 14. The summed E-state index contributed by atoms with van der Waals surface area (Å²) in [5.74, 6) is -3.26. The molecule has 12 heteroatoms. The zero-order valence-electron chi connectivity index (χ0n) is 22.6. The minimum Gasteiger partial charge on any atom is -0.481 e. The van der Waals surface area contributed by atoms with Gasteiger partial charge in [0.25, 0.3) is 11.8 Å². The fourth-order valence-corrected chi connectivity index (χ4v) is 2.57. The molecule has 0 spiro atoms. The first kappa shape index (κ1) is 38.4. The molecule has 12 nitrogen and oxygen atoms in total. The van der Waals surface area contributed by atoms with Crippen LogP contribution in [0.4, 0.5) is 0 Å². The maximum Gasteiger partial charge on any atom is 0.306 e. The normalized spacial score (nSPS) is 10.0. The van der Waals surface area contributed by atoms with Crippen LogP contribution >= 0.6 is 0 Å². The third-order valence-electron chi connectivity index (χ3n) is 4.44. The summed E-state index contributed by atoms with van der Waals surface area (Å²) in [4.78, 5) is 70.0. The topological polar surface area (TPSA) is 157 Å². The Labute approximate surface area is 220 Å². The third-order valence-corrected chi connectivity index (χ3v) is 4.44. The van der Waals surface area contributed by atoms with E-state index in [1.54, 1.807) is 25.7 Å². The van der Waals surface area contributed by atoms with E-state index in [4.69, 9.17) is 14.6 Å². The summed E-state index contributed by atoms with van der Waals surface area (Å²) in [6, 6.07) is 0. The van der Waals surface area contributed by atoms with Crippen molar-refractivity contribution in [3.63, 3.8) is 0 Å². The number of esters is 3. The fourth-order valence-electron chi connectivity index (χ4n) is 2.57. The van der Waals surface area contributed by atoms with E-state index in [9.17, 15) is 28.8 Å². The Kier molecular flexibility index (Phi) is 21.7. The van der Waals surface area contributed by atoms with Gasteiger partial charge in [-0.05, 0) is 48.5 Å². The highest BCUT2D eigenvalue weighted by molar-refractivity contribution is 5.83. The molecule has 0 unspecified atom stereocenters. The van der Waals surface area contributed by atoms with E-state index in [1.165, 1.54) is 4.90 Å². The lowest BCUT2D eigenvalue weighted by Crippen LogP contribution is -2.34. The van der Waals surface area contributed by atoms with E-state index in [0.29, 0.717) is 26.2 Å². The maximum atomic E-state index is 11.6. The zero-order chi connectivity index (χ0) is 28.3. The van der Waals surface area contributed by atoms with E-state index in [-0.39, 0.29) is 58.1 Å². The van der Waals surface area contributed by atoms with Crippen molar-refractivity contribution in [1.82, 2.24) is 9.80 Å². The molecule has 2 amide bonds. The molecule has 0 rings (SSSR count). The Hall–Kier alpha value is -3.18. The molecule has 0 aromatic heterocycles. The lowest BCUT2D eigenvalue weighted by atomic mass is 10.2. The van der Waals surface area contributed by atoms with Gasteiger partial charge in [-0.3, -0.25) is 28.8 Å². The largest absolute Gasteiger partial charge is 0.481 e. The van der Waals surface area contributed by atoms with Crippen molar-refractivity contribution >= 4 is 35.7 Å². The first-order valence-electron chi connectivity index (χ1n) is 12.0. The minimum atomic E-state index is -1.06. The second kappa shape index (κ2) is 21.0. The molecule has 0 radical (unpaired) electrons. The Morgan fingerprint density at radius 3 is 1.24 bits per heavy atom. The number of carboxylic acid groups (broad SMARTS) is 1. The average molecular weight is 535 g/mol. The first-order valence-corrected chi connectivity index (χ1v) is 12.0. The number of likely N-dealkylation sites (N-methyl/N-ethyl adjacent to an activating group) is 2. The predicted octanol–water partition coefficient (Wildman–Crippen LogP) is 2.42. The smallest absolute Gasteiger partial charge is 0.306 e. The van der Waals surface area contributed by atoms with Crippen molar-refractivity contribution < 1.29 is 48.1 Å². The molecule has 37 heavy (non-hydrogen) atoms. The summed E-state index contributed by atoms with van der Waals surface area (Å²) in [6.07, 6.45) is -0.616. The molecule has 1 N–H and O–H groups in total. The highest BCUT2D eigenvalue weighted by Gasteiger charge is 2.18. The van der Waals surface area contributed by atoms with Gasteiger partial charge in [-0.2, -0.15) is 0 Å². The quantitative estimate of drug-likeness (QED) is 0.259. The Balaban J connectivity index is -0.000000623. The van der Waals surface area contributed by atoms with Crippen LogP contribution in [-0.4, -0.2) is 95.6 Å². The van der Waals surface area contributed by atoms with Crippen LogP contribution in [0.25, 0.3) is 0 Å². The molecule has 0 fully saturated rings. The number of hydrogen-bond acceptors (Lipinski definition) is 9. The first-order chi connectivity index (χ1) is 16.7. The van der Waals surface area contributed by atoms with Gasteiger partial charge < -0.3 is 29.1 Å². The van der Waals surface area contributed by atoms with Gasteiger partial charge in [0, 0.05) is 26.2 Å². The summed E-state index contributed by atoms with van der Waals surface area (Å²) >= 11 is 0. The number of hydrogen-bond donors (Lipinski definition) is 1. The van der Waals surface area contributed by atoms with E-state index in [0.717, 1.165) is 0 Å². The van der Waals surface area contributed by atoms with Gasteiger partial charge in [0.2, 0.25) is 0 Å². The van der Waals surface area contributed by atoms with Crippen LogP contribution in [0.2, 0.25) is 0 Å². The predicted molar refractivity (Wildman–Crippen MR) is 136 cm³/mol. The van der Waals surface area contributed by atoms with Crippen molar-refractivity contribution in [2.24, 2.45) is 0 Å². The molecule has 0 aromatic rings. The molecule has 0 aromatic carbocycles. The Morgan fingerprint density at radius 2 is 0.946 bits per heavy atom. The number of carboxylic acids is 1. The summed E-state index contributed by atoms with van der Waals surface area (Å²) in [7, 11) is 0. The SMILES string of the molecule is C.CCN(CC)C(=O)COC(=O)CCC(=O)O.CCN(CC)C(=O)COC(=O)CCC(=O)OC(C)(C)C. The van der Waals surface area contributed by atoms with Gasteiger partial charge in [0.15, 0.2) is 13.2 Å². The van der Waals surface area contributed by atoms with Crippen molar-refractivity contribution in [3.8, 4) is 0 Å². The van der Waals surface area contributed by atoms with Gasteiger partial charge in [-0.25, -0.2) is 0 Å². The molecule has 0 aliphatic carbocycles. The van der Waals surface area contributed by atoms with Crippen molar-refractivity contribution in [3.05, 3.63) is 0 Å². The third kappa shape index (κ3) is 21.8. The van der Waals surface area contributed by atoms with Crippen LogP contribution in [0.3, 0.4) is 0 Å². The van der Waals surface area contributed by atoms with Gasteiger partial charge in [-0.1, -0.05) is 7.43 Å². The molecule has 216 valence electrons. The van der Waals surface area contributed by atoms with E-state index >= 15 is 0 Å². The number of aliphatic carboxylic acids is 1. The summed E-state index contributed by atoms with van der Waals surface area (Å²) in [5.41, 5.74) is -0.570.